The fourth-order valence-electron chi connectivity index (χ4n) is 4.30. The molecule has 104 valence electrons. The van der Waals surface area contributed by atoms with Crippen LogP contribution in [-0.4, -0.2) is 24.7 Å². The van der Waals surface area contributed by atoms with Crippen molar-refractivity contribution in [1.29, 1.82) is 0 Å². The van der Waals surface area contributed by atoms with E-state index in [1.165, 1.54) is 19.3 Å². The van der Waals surface area contributed by atoms with Crippen molar-refractivity contribution in [1.82, 2.24) is 5.32 Å². The van der Waals surface area contributed by atoms with E-state index in [1.807, 2.05) is 13.8 Å². The summed E-state index contributed by atoms with van der Waals surface area (Å²) < 4.78 is 5.09. The molecule has 2 bridgehead atoms. The van der Waals surface area contributed by atoms with Crippen molar-refractivity contribution in [3.8, 4) is 0 Å². The first kappa shape index (κ1) is 13.9. The number of ether oxygens (including phenoxy) is 1. The molecule has 18 heavy (non-hydrogen) atoms. The zero-order valence-corrected chi connectivity index (χ0v) is 12.4. The van der Waals surface area contributed by atoms with Gasteiger partial charge in [-0.15, -0.1) is 0 Å². The van der Waals surface area contributed by atoms with Gasteiger partial charge in [-0.1, -0.05) is 20.8 Å². The molecule has 3 heteroatoms. The van der Waals surface area contributed by atoms with Crippen LogP contribution < -0.4 is 5.32 Å². The Labute approximate surface area is 111 Å². The van der Waals surface area contributed by atoms with Gasteiger partial charge < -0.3 is 10.1 Å². The van der Waals surface area contributed by atoms with E-state index in [0.717, 1.165) is 5.92 Å². The van der Waals surface area contributed by atoms with Gasteiger partial charge in [0.2, 0.25) is 0 Å². The molecule has 0 radical (unpaired) electrons. The van der Waals surface area contributed by atoms with E-state index < -0.39 is 0 Å². The van der Waals surface area contributed by atoms with Crippen LogP contribution >= 0.6 is 0 Å². The molecule has 4 unspecified atom stereocenters. The minimum absolute atomic E-state index is 0.125. The lowest BCUT2D eigenvalue weighted by Gasteiger charge is -2.44. The Balaban J connectivity index is 2.07. The van der Waals surface area contributed by atoms with Crippen LogP contribution in [0.2, 0.25) is 0 Å². The van der Waals surface area contributed by atoms with Gasteiger partial charge in [-0.3, -0.25) is 4.79 Å². The number of hydrogen-bond donors (Lipinski definition) is 1. The summed E-state index contributed by atoms with van der Waals surface area (Å²) in [6, 6.07) is 0.216. The lowest BCUT2D eigenvalue weighted by atomic mass is 9.68. The number of nitrogens with one attached hydrogen (secondary N) is 1. The van der Waals surface area contributed by atoms with Crippen molar-refractivity contribution in [3.05, 3.63) is 0 Å². The lowest BCUT2D eigenvalue weighted by Crippen LogP contribution is -2.55. The second kappa shape index (κ2) is 4.52. The first-order chi connectivity index (χ1) is 8.31. The third-order valence-corrected chi connectivity index (χ3v) is 5.33. The van der Waals surface area contributed by atoms with E-state index in [0.29, 0.717) is 18.1 Å². The predicted molar refractivity (Wildman–Crippen MR) is 72.2 cm³/mol. The van der Waals surface area contributed by atoms with Crippen LogP contribution in [0.25, 0.3) is 0 Å². The molecule has 3 nitrogen and oxygen atoms in total. The third kappa shape index (κ3) is 2.07. The number of rotatable bonds is 4. The molecule has 0 aromatic rings. The second-order valence-electron chi connectivity index (χ2n) is 6.99. The van der Waals surface area contributed by atoms with Crippen LogP contribution in [0.3, 0.4) is 0 Å². The molecule has 0 heterocycles. The Morgan fingerprint density at radius 2 is 2.11 bits per heavy atom. The minimum atomic E-state index is -0.203. The van der Waals surface area contributed by atoms with Gasteiger partial charge in [0.15, 0.2) is 0 Å². The van der Waals surface area contributed by atoms with E-state index in [2.05, 4.69) is 26.1 Å². The van der Waals surface area contributed by atoms with Crippen LogP contribution in [0, 0.1) is 16.7 Å². The topological polar surface area (TPSA) is 38.3 Å². The zero-order chi connectivity index (χ0) is 13.6. The average molecular weight is 253 g/mol. The summed E-state index contributed by atoms with van der Waals surface area (Å²) in [6.07, 6.45) is 3.93. The van der Waals surface area contributed by atoms with Gasteiger partial charge in [0.05, 0.1) is 6.61 Å². The molecule has 2 saturated carbocycles. The van der Waals surface area contributed by atoms with Crippen molar-refractivity contribution in [2.45, 2.75) is 66.0 Å². The highest BCUT2D eigenvalue weighted by molar-refractivity contribution is 5.75. The van der Waals surface area contributed by atoms with Gasteiger partial charge >= 0.3 is 5.97 Å². The fraction of sp³-hybridized carbons (Fsp3) is 0.933. The van der Waals surface area contributed by atoms with Crippen LogP contribution in [0.1, 0.15) is 53.9 Å². The van der Waals surface area contributed by atoms with Crippen molar-refractivity contribution < 1.29 is 9.53 Å². The molecule has 0 saturated heterocycles. The predicted octanol–water partition coefficient (Wildman–Crippen LogP) is 2.74. The third-order valence-electron chi connectivity index (χ3n) is 5.33. The van der Waals surface area contributed by atoms with Gasteiger partial charge in [0, 0.05) is 6.04 Å². The summed E-state index contributed by atoms with van der Waals surface area (Å²) in [5.74, 6) is 0.675. The number of fused-ring (bicyclic) bond motifs is 2. The minimum Gasteiger partial charge on any atom is -0.465 e. The molecule has 2 fully saturated rings. The van der Waals surface area contributed by atoms with E-state index in [1.54, 1.807) is 0 Å². The highest BCUT2D eigenvalue weighted by Gasteiger charge is 2.59. The Morgan fingerprint density at radius 3 is 2.61 bits per heavy atom. The monoisotopic (exact) mass is 253 g/mol. The molecule has 0 aliphatic heterocycles. The molecule has 2 aliphatic rings. The van der Waals surface area contributed by atoms with Crippen LogP contribution in [0.15, 0.2) is 0 Å². The molecule has 0 spiro atoms. The number of hydrogen-bond acceptors (Lipinski definition) is 3. The van der Waals surface area contributed by atoms with Crippen molar-refractivity contribution in [2.75, 3.05) is 6.61 Å². The molecule has 0 amide bonds. The molecule has 2 rings (SSSR count). The summed E-state index contributed by atoms with van der Waals surface area (Å²) >= 11 is 0. The molecular weight excluding hydrogens is 226 g/mol. The maximum Gasteiger partial charge on any atom is 0.322 e. The summed E-state index contributed by atoms with van der Waals surface area (Å²) in [4.78, 5) is 11.8. The summed E-state index contributed by atoms with van der Waals surface area (Å²) in [5, 5.41) is 3.55. The van der Waals surface area contributed by atoms with Crippen LogP contribution in [0.5, 0.6) is 0 Å². The van der Waals surface area contributed by atoms with Gasteiger partial charge in [-0.2, -0.15) is 0 Å². The fourth-order valence-corrected chi connectivity index (χ4v) is 4.30. The molecular formula is C15H27NO2. The molecule has 1 N–H and O–H groups in total. The Bertz CT molecular complexity index is 335. The Hall–Kier alpha value is -0.570. The van der Waals surface area contributed by atoms with Crippen LogP contribution in [-0.2, 0) is 9.53 Å². The van der Waals surface area contributed by atoms with E-state index >= 15 is 0 Å². The SMILES string of the molecule is CCOC(=O)C(C)NC1C2(C)CCC(C2)C1(C)C. The first-order valence-electron chi connectivity index (χ1n) is 7.24. The van der Waals surface area contributed by atoms with Gasteiger partial charge in [0.25, 0.3) is 0 Å². The van der Waals surface area contributed by atoms with Gasteiger partial charge in [0.1, 0.15) is 6.04 Å². The summed E-state index contributed by atoms with van der Waals surface area (Å²) in [6.45, 7) is 11.3. The van der Waals surface area contributed by atoms with E-state index in [9.17, 15) is 4.79 Å². The molecule has 0 aromatic carbocycles. The number of esters is 1. The normalized spacial score (nSPS) is 38.7. The number of carbonyl (C=O) groups is 1. The van der Waals surface area contributed by atoms with E-state index in [4.69, 9.17) is 4.74 Å². The lowest BCUT2D eigenvalue weighted by molar-refractivity contribution is -0.145. The van der Waals surface area contributed by atoms with Crippen LogP contribution in [0.4, 0.5) is 0 Å². The number of carbonyl (C=O) groups excluding carboxylic acids is 1. The molecule has 4 atom stereocenters. The quantitative estimate of drug-likeness (QED) is 0.783. The molecule has 0 aromatic heterocycles. The highest BCUT2D eigenvalue weighted by atomic mass is 16.5. The largest absolute Gasteiger partial charge is 0.465 e. The molecule has 2 aliphatic carbocycles. The standard InChI is InChI=1S/C15H27NO2/c1-6-18-12(17)10(2)16-13-14(3,4)11-7-8-15(13,5)9-11/h10-11,13,16H,6-9H2,1-5H3. The smallest absolute Gasteiger partial charge is 0.322 e. The maximum absolute atomic E-state index is 11.8. The Morgan fingerprint density at radius 1 is 1.44 bits per heavy atom. The van der Waals surface area contributed by atoms with Crippen molar-refractivity contribution >= 4 is 5.97 Å². The van der Waals surface area contributed by atoms with E-state index in [-0.39, 0.29) is 17.4 Å². The second-order valence-corrected chi connectivity index (χ2v) is 6.99. The van der Waals surface area contributed by atoms with Gasteiger partial charge in [-0.25, -0.2) is 0 Å². The highest BCUT2D eigenvalue weighted by Crippen LogP contribution is 2.62. The first-order valence-corrected chi connectivity index (χ1v) is 7.24. The maximum atomic E-state index is 11.8. The van der Waals surface area contributed by atoms with Crippen molar-refractivity contribution in [3.63, 3.8) is 0 Å². The van der Waals surface area contributed by atoms with Gasteiger partial charge in [-0.05, 0) is 49.9 Å². The Kier molecular flexibility index (Phi) is 3.48. The average Bonchev–Trinajstić information content (AvgIpc) is 2.75. The van der Waals surface area contributed by atoms with Crippen molar-refractivity contribution in [2.24, 2.45) is 16.7 Å². The summed E-state index contributed by atoms with van der Waals surface area (Å²) in [7, 11) is 0. The summed E-state index contributed by atoms with van der Waals surface area (Å²) in [5.41, 5.74) is 0.642. The zero-order valence-electron chi connectivity index (χ0n) is 12.4.